The van der Waals surface area contributed by atoms with E-state index in [-0.39, 0.29) is 0 Å². The van der Waals surface area contributed by atoms with Crippen molar-refractivity contribution in [1.82, 2.24) is 15.3 Å². The molecule has 0 saturated heterocycles. The van der Waals surface area contributed by atoms with E-state index < -0.39 is 0 Å². The molecule has 0 unspecified atom stereocenters. The topological polar surface area (TPSA) is 49.9 Å². The molecule has 0 fully saturated rings. The molecule has 2 aromatic carbocycles. The number of H-pyrrole nitrogens is 1. The lowest BCUT2D eigenvalue weighted by molar-refractivity contribution is 0.415. The smallest absolute Gasteiger partial charge is 0.138 e. The number of imidazole rings is 1. The van der Waals surface area contributed by atoms with Crippen LogP contribution in [0.2, 0.25) is 0 Å². The van der Waals surface area contributed by atoms with Crippen molar-refractivity contribution in [3.8, 4) is 17.1 Å². The van der Waals surface area contributed by atoms with E-state index in [0.29, 0.717) is 0 Å². The van der Waals surface area contributed by atoms with Crippen molar-refractivity contribution >= 4 is 11.0 Å². The highest BCUT2D eigenvalue weighted by atomic mass is 16.5. The lowest BCUT2D eigenvalue weighted by Crippen LogP contribution is -2.23. The van der Waals surface area contributed by atoms with Gasteiger partial charge in [-0.25, -0.2) is 4.98 Å². The van der Waals surface area contributed by atoms with Crippen LogP contribution in [0, 0.1) is 0 Å². The Balaban J connectivity index is 1.78. The van der Waals surface area contributed by atoms with E-state index >= 15 is 0 Å². The van der Waals surface area contributed by atoms with Crippen molar-refractivity contribution < 1.29 is 4.74 Å². The summed E-state index contributed by atoms with van der Waals surface area (Å²) in [6.45, 7) is 2.01. The number of aromatic nitrogens is 2. The fourth-order valence-electron chi connectivity index (χ4n) is 2.88. The molecule has 0 atom stereocenters. The fourth-order valence-corrected chi connectivity index (χ4v) is 2.88. The Kier molecular flexibility index (Phi) is 2.89. The minimum atomic E-state index is 0.840. The molecule has 106 valence electrons. The van der Waals surface area contributed by atoms with Crippen LogP contribution >= 0.6 is 0 Å². The van der Waals surface area contributed by atoms with Crippen LogP contribution in [0.4, 0.5) is 0 Å². The number of aromatic amines is 1. The first-order valence-corrected chi connectivity index (χ1v) is 7.20. The Hall–Kier alpha value is -2.33. The van der Waals surface area contributed by atoms with Crippen LogP contribution in [-0.4, -0.2) is 23.6 Å². The standard InChI is InChI=1S/C17H17N3O/c1-21-14-4-5-15-16(9-14)20-17(19-15)12-3-2-11-6-7-18-10-13(11)8-12/h2-5,8-9,18H,6-7,10H2,1H3,(H,19,20). The molecule has 1 aliphatic rings. The Morgan fingerprint density at radius 1 is 1.10 bits per heavy atom. The largest absolute Gasteiger partial charge is 0.497 e. The minimum absolute atomic E-state index is 0.840. The minimum Gasteiger partial charge on any atom is -0.497 e. The van der Waals surface area contributed by atoms with Crippen LogP contribution < -0.4 is 10.1 Å². The molecule has 0 saturated carbocycles. The van der Waals surface area contributed by atoms with Gasteiger partial charge in [0, 0.05) is 18.2 Å². The molecule has 0 bridgehead atoms. The average Bonchev–Trinajstić information content (AvgIpc) is 2.97. The lowest BCUT2D eigenvalue weighted by atomic mass is 9.98. The molecular weight excluding hydrogens is 262 g/mol. The first kappa shape index (κ1) is 12.4. The quantitative estimate of drug-likeness (QED) is 0.758. The summed E-state index contributed by atoms with van der Waals surface area (Å²) in [5.74, 6) is 1.75. The monoisotopic (exact) mass is 279 g/mol. The third kappa shape index (κ3) is 2.17. The maximum Gasteiger partial charge on any atom is 0.138 e. The van der Waals surface area contributed by atoms with Gasteiger partial charge in [0.1, 0.15) is 11.6 Å². The van der Waals surface area contributed by atoms with Crippen LogP contribution in [0.3, 0.4) is 0 Å². The first-order chi connectivity index (χ1) is 10.3. The Morgan fingerprint density at radius 3 is 2.95 bits per heavy atom. The van der Waals surface area contributed by atoms with Gasteiger partial charge in [-0.1, -0.05) is 12.1 Å². The predicted molar refractivity (Wildman–Crippen MR) is 83.5 cm³/mol. The Morgan fingerprint density at radius 2 is 2.05 bits per heavy atom. The second-order valence-electron chi connectivity index (χ2n) is 5.38. The molecular formula is C17H17N3O. The van der Waals surface area contributed by atoms with Gasteiger partial charge in [0.05, 0.1) is 18.1 Å². The summed E-state index contributed by atoms with van der Waals surface area (Å²) in [5.41, 5.74) is 5.90. The van der Waals surface area contributed by atoms with Crippen molar-refractivity contribution in [3.63, 3.8) is 0 Å². The molecule has 2 N–H and O–H groups in total. The Bertz CT molecular complexity index is 807. The van der Waals surface area contributed by atoms with Crippen LogP contribution in [0.25, 0.3) is 22.4 Å². The third-order valence-corrected chi connectivity index (χ3v) is 4.06. The van der Waals surface area contributed by atoms with E-state index in [1.807, 2.05) is 18.2 Å². The van der Waals surface area contributed by atoms with Crippen molar-refractivity contribution in [3.05, 3.63) is 47.5 Å². The van der Waals surface area contributed by atoms with Gasteiger partial charge in [-0.05, 0) is 42.3 Å². The molecule has 0 spiro atoms. The zero-order valence-electron chi connectivity index (χ0n) is 11.9. The second-order valence-corrected chi connectivity index (χ2v) is 5.38. The van der Waals surface area contributed by atoms with Crippen LogP contribution in [-0.2, 0) is 13.0 Å². The number of ether oxygens (including phenoxy) is 1. The normalized spacial score (nSPS) is 14.1. The summed E-state index contributed by atoms with van der Waals surface area (Å²) < 4.78 is 5.26. The zero-order chi connectivity index (χ0) is 14.2. The van der Waals surface area contributed by atoms with Crippen LogP contribution in [0.5, 0.6) is 5.75 Å². The highest BCUT2D eigenvalue weighted by molar-refractivity contribution is 5.80. The van der Waals surface area contributed by atoms with Gasteiger partial charge in [0.25, 0.3) is 0 Å². The van der Waals surface area contributed by atoms with E-state index in [4.69, 9.17) is 4.74 Å². The summed E-state index contributed by atoms with van der Waals surface area (Å²) in [4.78, 5) is 8.06. The summed E-state index contributed by atoms with van der Waals surface area (Å²) >= 11 is 0. The van der Waals surface area contributed by atoms with E-state index in [1.165, 1.54) is 11.1 Å². The fraction of sp³-hybridized carbons (Fsp3) is 0.235. The maximum absolute atomic E-state index is 5.26. The molecule has 0 radical (unpaired) electrons. The summed E-state index contributed by atoms with van der Waals surface area (Å²) in [7, 11) is 1.68. The second kappa shape index (κ2) is 4.90. The van der Waals surface area contributed by atoms with Gasteiger partial charge in [0.2, 0.25) is 0 Å². The number of nitrogens with one attached hydrogen (secondary N) is 2. The van der Waals surface area contributed by atoms with Crippen molar-refractivity contribution in [2.24, 2.45) is 0 Å². The van der Waals surface area contributed by atoms with Crippen LogP contribution in [0.1, 0.15) is 11.1 Å². The highest BCUT2D eigenvalue weighted by Gasteiger charge is 2.12. The molecule has 4 nitrogen and oxygen atoms in total. The van der Waals surface area contributed by atoms with E-state index in [9.17, 15) is 0 Å². The summed E-state index contributed by atoms with van der Waals surface area (Å²) in [5, 5.41) is 3.41. The summed E-state index contributed by atoms with van der Waals surface area (Å²) in [6.07, 6.45) is 1.10. The van der Waals surface area contributed by atoms with E-state index in [2.05, 4.69) is 33.5 Å². The van der Waals surface area contributed by atoms with E-state index in [1.54, 1.807) is 7.11 Å². The number of nitrogens with zero attached hydrogens (tertiary/aromatic N) is 1. The van der Waals surface area contributed by atoms with Crippen molar-refractivity contribution in [2.45, 2.75) is 13.0 Å². The predicted octanol–water partition coefficient (Wildman–Crippen LogP) is 2.88. The third-order valence-electron chi connectivity index (χ3n) is 4.06. The van der Waals surface area contributed by atoms with Gasteiger partial charge in [0.15, 0.2) is 0 Å². The molecule has 21 heavy (non-hydrogen) atoms. The molecule has 4 heteroatoms. The first-order valence-electron chi connectivity index (χ1n) is 7.20. The van der Waals surface area contributed by atoms with Crippen molar-refractivity contribution in [2.75, 3.05) is 13.7 Å². The Labute approximate surface area is 123 Å². The van der Waals surface area contributed by atoms with Gasteiger partial charge >= 0.3 is 0 Å². The van der Waals surface area contributed by atoms with Crippen molar-refractivity contribution in [1.29, 1.82) is 0 Å². The number of methoxy groups -OCH3 is 1. The zero-order valence-corrected chi connectivity index (χ0v) is 11.9. The SMILES string of the molecule is COc1ccc2nc(-c3ccc4c(c3)CNCC4)[nH]c2c1. The van der Waals surface area contributed by atoms with Gasteiger partial charge in [-0.15, -0.1) is 0 Å². The number of benzene rings is 2. The average molecular weight is 279 g/mol. The number of rotatable bonds is 2. The molecule has 0 amide bonds. The van der Waals surface area contributed by atoms with Gasteiger partial charge in [-0.2, -0.15) is 0 Å². The van der Waals surface area contributed by atoms with Crippen LogP contribution in [0.15, 0.2) is 36.4 Å². The molecule has 1 aromatic heterocycles. The maximum atomic E-state index is 5.26. The number of hydrogen-bond acceptors (Lipinski definition) is 3. The molecule has 0 aliphatic carbocycles. The van der Waals surface area contributed by atoms with Gasteiger partial charge < -0.3 is 15.0 Å². The lowest BCUT2D eigenvalue weighted by Gasteiger charge is -2.17. The number of fused-ring (bicyclic) bond motifs is 2. The van der Waals surface area contributed by atoms with E-state index in [0.717, 1.165) is 47.7 Å². The molecule has 4 rings (SSSR count). The summed E-state index contributed by atoms with van der Waals surface area (Å²) in [6, 6.07) is 12.5. The molecule has 2 heterocycles. The molecule has 3 aromatic rings. The number of hydrogen-bond donors (Lipinski definition) is 2. The van der Waals surface area contributed by atoms with Gasteiger partial charge in [-0.3, -0.25) is 0 Å². The molecule has 1 aliphatic heterocycles. The highest BCUT2D eigenvalue weighted by Crippen LogP contribution is 2.26.